The van der Waals surface area contributed by atoms with Crippen molar-refractivity contribution in [3.8, 4) is 0 Å². The lowest BCUT2D eigenvalue weighted by atomic mass is 9.93. The number of thiophene rings is 1. The van der Waals surface area contributed by atoms with Crippen LogP contribution in [0.3, 0.4) is 0 Å². The molecule has 4 rings (SSSR count). The molecule has 0 radical (unpaired) electrons. The number of hydrogen-bond donors (Lipinski definition) is 2. The highest BCUT2D eigenvalue weighted by Gasteiger charge is 2.35. The summed E-state index contributed by atoms with van der Waals surface area (Å²) >= 11 is 0.933. The Balaban J connectivity index is 1.48. The fraction of sp³-hybridized carbons (Fsp3) is 0.652. The zero-order chi connectivity index (χ0) is 22.7. The van der Waals surface area contributed by atoms with Crippen LogP contribution in [0.5, 0.6) is 0 Å². The van der Waals surface area contributed by atoms with Crippen molar-refractivity contribution in [2.24, 2.45) is 5.92 Å². The fourth-order valence-corrected chi connectivity index (χ4v) is 5.35. The molecule has 176 valence electrons. The predicted octanol–water partition coefficient (Wildman–Crippen LogP) is 5.52. The first-order valence-corrected chi connectivity index (χ1v) is 12.5. The lowest BCUT2D eigenvalue weighted by Gasteiger charge is -2.32. The molecule has 2 N–H and O–H groups in total. The number of amides is 1. The van der Waals surface area contributed by atoms with Gasteiger partial charge in [-0.25, -0.2) is 4.98 Å². The Bertz CT molecular complexity index is 933. The lowest BCUT2D eigenvalue weighted by molar-refractivity contribution is -0.136. The van der Waals surface area contributed by atoms with Crippen LogP contribution in [0, 0.1) is 5.92 Å². The number of anilines is 1. The molecule has 0 aromatic carbocycles. The Morgan fingerprint density at radius 3 is 2.62 bits per heavy atom. The fourth-order valence-electron chi connectivity index (χ4n) is 4.33. The minimum absolute atomic E-state index is 0.0195. The first-order valence-electron chi connectivity index (χ1n) is 11.6. The highest BCUT2D eigenvalue weighted by Crippen LogP contribution is 2.40. The number of piperidine rings is 1. The number of rotatable bonds is 8. The number of halogens is 3. The van der Waals surface area contributed by atoms with Crippen molar-refractivity contribution in [3.63, 3.8) is 0 Å². The van der Waals surface area contributed by atoms with Gasteiger partial charge in [-0.1, -0.05) is 13.3 Å². The van der Waals surface area contributed by atoms with Crippen molar-refractivity contribution >= 4 is 33.3 Å². The Kier molecular flexibility index (Phi) is 7.24. The molecule has 2 aromatic rings. The van der Waals surface area contributed by atoms with E-state index in [0.29, 0.717) is 12.5 Å². The number of nitrogens with zero attached hydrogens (tertiary/aromatic N) is 2. The average molecular weight is 469 g/mol. The van der Waals surface area contributed by atoms with Crippen LogP contribution < -0.4 is 10.6 Å². The van der Waals surface area contributed by atoms with Gasteiger partial charge < -0.3 is 15.5 Å². The molecule has 0 spiro atoms. The summed E-state index contributed by atoms with van der Waals surface area (Å²) in [7, 11) is 0. The number of unbranched alkanes of at least 4 members (excludes halogenated alkanes) is 1. The highest BCUT2D eigenvalue weighted by molar-refractivity contribution is 7.17. The molecule has 0 atom stereocenters. The number of aromatic nitrogens is 1. The van der Waals surface area contributed by atoms with E-state index in [1.165, 1.54) is 18.2 Å². The van der Waals surface area contributed by atoms with E-state index in [0.717, 1.165) is 69.1 Å². The largest absolute Gasteiger partial charge is 0.417 e. The number of fused-ring (bicyclic) bond motifs is 1. The molecule has 32 heavy (non-hydrogen) atoms. The number of carbonyl (C=O) groups excluding carboxylic acids is 1. The third-order valence-corrected chi connectivity index (χ3v) is 7.62. The van der Waals surface area contributed by atoms with Crippen LogP contribution in [0.15, 0.2) is 11.4 Å². The van der Waals surface area contributed by atoms with Crippen LogP contribution in [0.2, 0.25) is 0 Å². The van der Waals surface area contributed by atoms with Crippen molar-refractivity contribution in [2.45, 2.75) is 64.1 Å². The number of hydrogen-bond acceptors (Lipinski definition) is 5. The van der Waals surface area contributed by atoms with Gasteiger partial charge in [0.1, 0.15) is 5.82 Å². The van der Waals surface area contributed by atoms with E-state index in [9.17, 15) is 18.0 Å². The van der Waals surface area contributed by atoms with Crippen LogP contribution >= 0.6 is 11.3 Å². The molecule has 0 unspecified atom stereocenters. The summed E-state index contributed by atoms with van der Waals surface area (Å²) in [6.07, 6.45) is 2.83. The molecule has 5 nitrogen and oxygen atoms in total. The van der Waals surface area contributed by atoms with Crippen molar-refractivity contribution < 1.29 is 18.0 Å². The Hall–Kier alpha value is -1.87. The summed E-state index contributed by atoms with van der Waals surface area (Å²) in [5, 5.41) is 7.55. The summed E-state index contributed by atoms with van der Waals surface area (Å²) in [5.41, 5.74) is -0.360. The van der Waals surface area contributed by atoms with Crippen LogP contribution in [0.1, 0.15) is 67.8 Å². The van der Waals surface area contributed by atoms with E-state index >= 15 is 0 Å². The normalized spacial score (nSPS) is 18.6. The molecule has 1 aliphatic carbocycles. The van der Waals surface area contributed by atoms with Gasteiger partial charge in [0.25, 0.3) is 5.91 Å². The summed E-state index contributed by atoms with van der Waals surface area (Å²) < 4.78 is 41.3. The summed E-state index contributed by atoms with van der Waals surface area (Å²) in [6, 6.07) is 1.20. The molecular formula is C23H31F3N4OS. The zero-order valence-electron chi connectivity index (χ0n) is 18.4. The van der Waals surface area contributed by atoms with E-state index in [1.807, 2.05) is 0 Å². The van der Waals surface area contributed by atoms with Gasteiger partial charge in [-0.3, -0.25) is 4.79 Å². The molecule has 9 heteroatoms. The molecular weight excluding hydrogens is 437 g/mol. The molecule has 0 bridgehead atoms. The molecule has 3 heterocycles. The second-order valence-corrected chi connectivity index (χ2v) is 9.88. The van der Waals surface area contributed by atoms with Crippen LogP contribution in [0.25, 0.3) is 10.2 Å². The van der Waals surface area contributed by atoms with Gasteiger partial charge in [0.2, 0.25) is 0 Å². The second kappa shape index (κ2) is 9.95. The SMILES string of the molecule is CCCCN1CCC(CNc2cc(C(F)(F)F)c3scc(C(=O)NC4CCC4)c3n2)CC1. The lowest BCUT2D eigenvalue weighted by Crippen LogP contribution is -2.39. The summed E-state index contributed by atoms with van der Waals surface area (Å²) in [6.45, 7) is 5.95. The van der Waals surface area contributed by atoms with Crippen LogP contribution in [-0.2, 0) is 6.18 Å². The molecule has 2 aliphatic rings. The van der Waals surface area contributed by atoms with Gasteiger partial charge in [-0.05, 0) is 70.1 Å². The molecule has 1 amide bonds. The van der Waals surface area contributed by atoms with Gasteiger partial charge >= 0.3 is 6.18 Å². The predicted molar refractivity (Wildman–Crippen MR) is 122 cm³/mol. The van der Waals surface area contributed by atoms with Gasteiger partial charge in [0.05, 0.1) is 21.3 Å². The van der Waals surface area contributed by atoms with Crippen molar-refractivity contribution in [2.75, 3.05) is 31.5 Å². The van der Waals surface area contributed by atoms with Gasteiger partial charge in [-0.2, -0.15) is 13.2 Å². The number of pyridine rings is 1. The third kappa shape index (κ3) is 5.36. The third-order valence-electron chi connectivity index (χ3n) is 6.62. The summed E-state index contributed by atoms with van der Waals surface area (Å²) in [4.78, 5) is 19.6. The van der Waals surface area contributed by atoms with Gasteiger partial charge in [-0.15, -0.1) is 11.3 Å². The number of alkyl halides is 3. The average Bonchev–Trinajstić information content (AvgIpc) is 3.16. The quantitative estimate of drug-likeness (QED) is 0.536. The van der Waals surface area contributed by atoms with E-state index in [1.54, 1.807) is 0 Å². The van der Waals surface area contributed by atoms with E-state index < -0.39 is 11.7 Å². The second-order valence-electron chi connectivity index (χ2n) is 9.00. The smallest absolute Gasteiger partial charge is 0.370 e. The van der Waals surface area contributed by atoms with Crippen molar-refractivity contribution in [3.05, 3.63) is 22.6 Å². The number of carbonyl (C=O) groups is 1. The van der Waals surface area contributed by atoms with E-state index in [-0.39, 0.29) is 33.5 Å². The molecule has 1 saturated carbocycles. The van der Waals surface area contributed by atoms with E-state index in [2.05, 4.69) is 27.4 Å². The van der Waals surface area contributed by atoms with Crippen LogP contribution in [0.4, 0.5) is 19.0 Å². The topological polar surface area (TPSA) is 57.3 Å². The van der Waals surface area contributed by atoms with Crippen molar-refractivity contribution in [1.29, 1.82) is 0 Å². The first kappa shape index (κ1) is 23.3. The maximum Gasteiger partial charge on any atom is 0.417 e. The monoisotopic (exact) mass is 468 g/mol. The highest BCUT2D eigenvalue weighted by atomic mass is 32.1. The maximum absolute atomic E-state index is 13.8. The van der Waals surface area contributed by atoms with Crippen molar-refractivity contribution in [1.82, 2.24) is 15.2 Å². The zero-order valence-corrected chi connectivity index (χ0v) is 19.2. The Labute approximate surface area is 190 Å². The molecule has 1 aliphatic heterocycles. The standard InChI is InChI=1S/C23H31F3N4OS/c1-2-3-9-30-10-7-15(8-11-30)13-27-19-12-18(23(24,25)26)21-20(29-19)17(14-32-21)22(31)28-16-5-4-6-16/h12,14-16H,2-11,13H2,1H3,(H,27,29)(H,28,31). The van der Waals surface area contributed by atoms with Gasteiger partial charge in [0.15, 0.2) is 0 Å². The molecule has 2 aromatic heterocycles. The minimum atomic E-state index is -4.51. The van der Waals surface area contributed by atoms with Crippen LogP contribution in [-0.4, -0.2) is 48.0 Å². The maximum atomic E-state index is 13.8. The first-order chi connectivity index (χ1) is 15.3. The minimum Gasteiger partial charge on any atom is -0.370 e. The number of nitrogens with one attached hydrogen (secondary N) is 2. The van der Waals surface area contributed by atoms with E-state index in [4.69, 9.17) is 0 Å². The Morgan fingerprint density at radius 1 is 1.25 bits per heavy atom. The summed E-state index contributed by atoms with van der Waals surface area (Å²) in [5.74, 6) is 0.260. The molecule has 2 fully saturated rings. The van der Waals surface area contributed by atoms with Gasteiger partial charge in [0, 0.05) is 18.0 Å². The molecule has 1 saturated heterocycles. The Morgan fingerprint density at radius 2 is 2.00 bits per heavy atom. The number of likely N-dealkylation sites (tertiary alicyclic amines) is 1.